The molecule has 0 aromatic heterocycles. The lowest BCUT2D eigenvalue weighted by molar-refractivity contribution is -0.120. The molecule has 2 rings (SSSR count). The third kappa shape index (κ3) is 3.33. The van der Waals surface area contributed by atoms with Crippen LogP contribution in [-0.2, 0) is 24.1 Å². The predicted molar refractivity (Wildman–Crippen MR) is 73.7 cm³/mol. The van der Waals surface area contributed by atoms with E-state index in [2.05, 4.69) is 35.8 Å². The first kappa shape index (κ1) is 13.1. The number of rotatable bonds is 5. The fraction of sp³-hybridized carbons (Fsp3) is 0.533. The van der Waals surface area contributed by atoms with Gasteiger partial charge in [-0.2, -0.15) is 0 Å². The molecule has 0 heterocycles. The van der Waals surface area contributed by atoms with E-state index in [-0.39, 0.29) is 5.91 Å². The molecule has 0 aliphatic heterocycles. The van der Waals surface area contributed by atoms with Crippen LogP contribution in [0.1, 0.15) is 30.0 Å². The highest BCUT2D eigenvalue weighted by Crippen LogP contribution is 2.22. The third-order valence-corrected chi connectivity index (χ3v) is 3.63. The Balaban J connectivity index is 1.87. The zero-order valence-electron chi connectivity index (χ0n) is 11.3. The molecule has 0 bridgehead atoms. The lowest BCUT2D eigenvalue weighted by Crippen LogP contribution is -2.37. The van der Waals surface area contributed by atoms with Gasteiger partial charge in [0.15, 0.2) is 0 Å². The molecule has 3 nitrogen and oxygen atoms in total. The minimum Gasteiger partial charge on any atom is -0.354 e. The molecule has 3 heteroatoms. The number of carbonyl (C=O) groups is 1. The van der Waals surface area contributed by atoms with E-state index in [0.717, 1.165) is 5.56 Å². The summed E-state index contributed by atoms with van der Waals surface area (Å²) in [6.45, 7) is 2.73. The summed E-state index contributed by atoms with van der Waals surface area (Å²) in [6.07, 6.45) is 4.11. The number of amides is 1. The van der Waals surface area contributed by atoms with Gasteiger partial charge in [0.05, 0.1) is 6.42 Å². The van der Waals surface area contributed by atoms with Gasteiger partial charge in [-0.15, -0.1) is 0 Å². The fourth-order valence-corrected chi connectivity index (χ4v) is 2.35. The van der Waals surface area contributed by atoms with E-state index in [0.29, 0.717) is 19.0 Å². The second-order valence-corrected chi connectivity index (χ2v) is 5.13. The van der Waals surface area contributed by atoms with Gasteiger partial charge in [0.2, 0.25) is 5.91 Å². The zero-order valence-corrected chi connectivity index (χ0v) is 11.3. The maximum Gasteiger partial charge on any atom is 0.224 e. The topological polar surface area (TPSA) is 41.1 Å². The van der Waals surface area contributed by atoms with Crippen molar-refractivity contribution in [2.45, 2.75) is 38.6 Å². The number of hydrogen-bond acceptors (Lipinski definition) is 2. The van der Waals surface area contributed by atoms with E-state index >= 15 is 0 Å². The van der Waals surface area contributed by atoms with Gasteiger partial charge in [-0.25, -0.2) is 0 Å². The van der Waals surface area contributed by atoms with Crippen LogP contribution in [0.5, 0.6) is 0 Å². The van der Waals surface area contributed by atoms with Crippen LogP contribution in [0.25, 0.3) is 0 Å². The first-order chi connectivity index (χ1) is 8.69. The van der Waals surface area contributed by atoms with Crippen molar-refractivity contribution in [2.24, 2.45) is 0 Å². The molecule has 1 aliphatic carbocycles. The summed E-state index contributed by atoms with van der Waals surface area (Å²) < 4.78 is 0. The highest BCUT2D eigenvalue weighted by molar-refractivity contribution is 5.78. The van der Waals surface area contributed by atoms with Crippen molar-refractivity contribution in [2.75, 3.05) is 13.6 Å². The average molecular weight is 246 g/mol. The standard InChI is InChI=1S/C15H22N2O/c1-11(16-2)10-17-15(18)9-12-6-7-13-4-3-5-14(13)8-12/h6-8,11,16H,3-5,9-10H2,1-2H3,(H,17,18). The van der Waals surface area contributed by atoms with Crippen LogP contribution >= 0.6 is 0 Å². The largest absolute Gasteiger partial charge is 0.354 e. The number of hydrogen-bond donors (Lipinski definition) is 2. The summed E-state index contributed by atoms with van der Waals surface area (Å²) in [7, 11) is 1.90. The fourth-order valence-electron chi connectivity index (χ4n) is 2.35. The molecule has 1 amide bonds. The van der Waals surface area contributed by atoms with Crippen LogP contribution in [0.4, 0.5) is 0 Å². The summed E-state index contributed by atoms with van der Waals surface area (Å²) in [5.41, 5.74) is 4.03. The van der Waals surface area contributed by atoms with E-state index in [1.54, 1.807) is 0 Å². The molecule has 1 unspecified atom stereocenters. The molecule has 0 spiro atoms. The molecule has 1 atom stereocenters. The van der Waals surface area contributed by atoms with Crippen molar-refractivity contribution in [3.05, 3.63) is 34.9 Å². The smallest absolute Gasteiger partial charge is 0.224 e. The van der Waals surface area contributed by atoms with Gasteiger partial charge in [-0.1, -0.05) is 18.2 Å². The Kier molecular flexibility index (Phi) is 4.37. The highest BCUT2D eigenvalue weighted by atomic mass is 16.1. The number of carbonyl (C=O) groups excluding carboxylic acids is 1. The van der Waals surface area contributed by atoms with E-state index in [4.69, 9.17) is 0 Å². The first-order valence-corrected chi connectivity index (χ1v) is 6.73. The van der Waals surface area contributed by atoms with Crippen molar-refractivity contribution < 1.29 is 4.79 Å². The van der Waals surface area contributed by atoms with Crippen molar-refractivity contribution in [1.29, 1.82) is 0 Å². The number of aryl methyl sites for hydroxylation is 2. The Morgan fingerprint density at radius 3 is 2.89 bits per heavy atom. The zero-order chi connectivity index (χ0) is 13.0. The van der Waals surface area contributed by atoms with E-state index in [9.17, 15) is 4.79 Å². The van der Waals surface area contributed by atoms with Crippen LogP contribution in [0.2, 0.25) is 0 Å². The molecular formula is C15H22N2O. The van der Waals surface area contributed by atoms with Crippen molar-refractivity contribution in [3.63, 3.8) is 0 Å². The van der Waals surface area contributed by atoms with Gasteiger partial charge < -0.3 is 10.6 Å². The lowest BCUT2D eigenvalue weighted by Gasteiger charge is -2.11. The molecule has 2 N–H and O–H groups in total. The van der Waals surface area contributed by atoms with Gasteiger partial charge in [0.25, 0.3) is 0 Å². The summed E-state index contributed by atoms with van der Waals surface area (Å²) in [6, 6.07) is 6.78. The molecule has 1 aliphatic rings. The minimum atomic E-state index is 0.107. The summed E-state index contributed by atoms with van der Waals surface area (Å²) in [5.74, 6) is 0.107. The van der Waals surface area contributed by atoms with Crippen LogP contribution in [0, 0.1) is 0 Å². The maximum absolute atomic E-state index is 11.8. The Morgan fingerprint density at radius 2 is 2.11 bits per heavy atom. The molecule has 1 aromatic carbocycles. The monoisotopic (exact) mass is 246 g/mol. The molecule has 0 saturated carbocycles. The van der Waals surface area contributed by atoms with Crippen LogP contribution in [-0.4, -0.2) is 25.5 Å². The molecule has 0 radical (unpaired) electrons. The van der Waals surface area contributed by atoms with E-state index in [1.165, 1.54) is 30.4 Å². The first-order valence-electron chi connectivity index (χ1n) is 6.73. The molecule has 1 aromatic rings. The van der Waals surface area contributed by atoms with Crippen molar-refractivity contribution in [1.82, 2.24) is 10.6 Å². The normalized spacial score (nSPS) is 15.2. The molecule has 0 saturated heterocycles. The van der Waals surface area contributed by atoms with Crippen LogP contribution in [0.15, 0.2) is 18.2 Å². The molecule has 98 valence electrons. The second-order valence-electron chi connectivity index (χ2n) is 5.13. The number of likely N-dealkylation sites (N-methyl/N-ethyl adjacent to an activating group) is 1. The third-order valence-electron chi connectivity index (χ3n) is 3.63. The summed E-state index contributed by atoms with van der Waals surface area (Å²) in [4.78, 5) is 11.8. The highest BCUT2D eigenvalue weighted by Gasteiger charge is 2.12. The number of fused-ring (bicyclic) bond motifs is 1. The van der Waals surface area contributed by atoms with Crippen LogP contribution < -0.4 is 10.6 Å². The number of benzene rings is 1. The lowest BCUT2D eigenvalue weighted by atomic mass is 10.0. The summed E-state index contributed by atoms with van der Waals surface area (Å²) in [5, 5.41) is 6.05. The Bertz CT molecular complexity index is 429. The predicted octanol–water partition coefficient (Wildman–Crippen LogP) is 1.44. The van der Waals surface area contributed by atoms with E-state index < -0.39 is 0 Å². The Labute approximate surface area is 109 Å². The van der Waals surface area contributed by atoms with Gasteiger partial charge in [-0.3, -0.25) is 4.79 Å². The van der Waals surface area contributed by atoms with Gasteiger partial charge in [0.1, 0.15) is 0 Å². The maximum atomic E-state index is 11.8. The molecule has 18 heavy (non-hydrogen) atoms. The summed E-state index contributed by atoms with van der Waals surface area (Å²) >= 11 is 0. The quantitative estimate of drug-likeness (QED) is 0.825. The minimum absolute atomic E-state index is 0.107. The number of nitrogens with one attached hydrogen (secondary N) is 2. The molecule has 0 fully saturated rings. The average Bonchev–Trinajstić information content (AvgIpc) is 2.83. The Morgan fingerprint density at radius 1 is 1.33 bits per heavy atom. The Hall–Kier alpha value is -1.35. The second kappa shape index (κ2) is 6.01. The van der Waals surface area contributed by atoms with Gasteiger partial charge >= 0.3 is 0 Å². The molecular weight excluding hydrogens is 224 g/mol. The van der Waals surface area contributed by atoms with Crippen molar-refractivity contribution in [3.8, 4) is 0 Å². The SMILES string of the molecule is CNC(C)CNC(=O)Cc1ccc2c(c1)CCC2. The van der Waals surface area contributed by atoms with Gasteiger partial charge in [-0.05, 0) is 49.9 Å². The van der Waals surface area contributed by atoms with Gasteiger partial charge in [0, 0.05) is 12.6 Å². The van der Waals surface area contributed by atoms with Crippen LogP contribution in [0.3, 0.4) is 0 Å². The van der Waals surface area contributed by atoms with E-state index in [1.807, 2.05) is 7.05 Å². The van der Waals surface area contributed by atoms with Crippen molar-refractivity contribution >= 4 is 5.91 Å².